The lowest BCUT2D eigenvalue weighted by Gasteiger charge is -2.29. The topological polar surface area (TPSA) is 46.2 Å². The van der Waals surface area contributed by atoms with E-state index in [1.165, 1.54) is 31.9 Å². The first-order chi connectivity index (χ1) is 9.45. The average molecular weight is 293 g/mol. The Balaban J connectivity index is 1.78. The smallest absolute Gasteiger partial charge is 0.177 e. The molecule has 1 aromatic carbocycles. The molecule has 0 radical (unpaired) electrons. The zero-order valence-electron chi connectivity index (χ0n) is 12.2. The van der Waals surface area contributed by atoms with Crippen LogP contribution in [0, 0.1) is 17.8 Å². The van der Waals surface area contributed by atoms with Gasteiger partial charge in [-0.05, 0) is 56.1 Å². The second-order valence-corrected chi connectivity index (χ2v) is 8.52. The van der Waals surface area contributed by atoms with Gasteiger partial charge in [0.15, 0.2) is 9.84 Å². The van der Waals surface area contributed by atoms with E-state index in [0.717, 1.165) is 17.5 Å². The van der Waals surface area contributed by atoms with Gasteiger partial charge in [0.1, 0.15) is 0 Å². The molecule has 0 aromatic heterocycles. The van der Waals surface area contributed by atoms with E-state index < -0.39 is 9.84 Å². The highest BCUT2D eigenvalue weighted by Crippen LogP contribution is 2.49. The van der Waals surface area contributed by atoms with Crippen molar-refractivity contribution in [3.05, 3.63) is 24.3 Å². The predicted octanol–water partition coefficient (Wildman–Crippen LogP) is 3.33. The van der Waals surface area contributed by atoms with Gasteiger partial charge in [0.25, 0.3) is 0 Å². The van der Waals surface area contributed by atoms with Crippen LogP contribution in [0.1, 0.15) is 32.6 Å². The molecule has 0 aliphatic heterocycles. The van der Waals surface area contributed by atoms with E-state index in [1.807, 2.05) is 12.1 Å². The summed E-state index contributed by atoms with van der Waals surface area (Å²) in [6.07, 6.45) is 6.71. The van der Waals surface area contributed by atoms with Gasteiger partial charge >= 0.3 is 0 Å². The third-order valence-electron chi connectivity index (χ3n) is 5.10. The van der Waals surface area contributed by atoms with Gasteiger partial charge in [-0.25, -0.2) is 8.42 Å². The van der Waals surface area contributed by atoms with Crippen molar-refractivity contribution in [1.29, 1.82) is 0 Å². The van der Waals surface area contributed by atoms with Gasteiger partial charge in [-0.15, -0.1) is 0 Å². The fourth-order valence-electron chi connectivity index (χ4n) is 4.17. The van der Waals surface area contributed by atoms with Crippen molar-refractivity contribution in [1.82, 2.24) is 0 Å². The molecule has 4 heteroatoms. The number of nitrogens with one attached hydrogen (secondary N) is 1. The molecule has 0 spiro atoms. The van der Waals surface area contributed by atoms with Gasteiger partial charge < -0.3 is 5.32 Å². The van der Waals surface area contributed by atoms with Crippen LogP contribution in [0.2, 0.25) is 0 Å². The van der Waals surface area contributed by atoms with E-state index in [4.69, 9.17) is 0 Å². The van der Waals surface area contributed by atoms with Gasteiger partial charge in [-0.1, -0.05) is 18.6 Å². The molecule has 110 valence electrons. The molecule has 2 bridgehead atoms. The van der Waals surface area contributed by atoms with Crippen LogP contribution in [0.25, 0.3) is 0 Å². The highest BCUT2D eigenvalue weighted by molar-refractivity contribution is 7.90. The lowest BCUT2D eigenvalue weighted by molar-refractivity contribution is 0.304. The Kier molecular flexibility index (Phi) is 3.53. The Hall–Kier alpha value is -1.03. The third kappa shape index (κ3) is 2.58. The first kappa shape index (κ1) is 13.9. The van der Waals surface area contributed by atoms with Crippen LogP contribution in [-0.2, 0) is 9.84 Å². The van der Waals surface area contributed by atoms with Gasteiger partial charge in [0.05, 0.1) is 10.6 Å². The normalized spacial score (nSPS) is 30.4. The lowest BCUT2D eigenvalue weighted by atomic mass is 9.84. The molecule has 0 saturated heterocycles. The van der Waals surface area contributed by atoms with E-state index in [0.29, 0.717) is 16.9 Å². The minimum Gasteiger partial charge on any atom is -0.381 e. The first-order valence-corrected chi connectivity index (χ1v) is 9.40. The van der Waals surface area contributed by atoms with E-state index in [2.05, 4.69) is 12.2 Å². The number of sulfone groups is 1. The molecule has 0 heterocycles. The number of rotatable bonds is 4. The van der Waals surface area contributed by atoms with E-state index >= 15 is 0 Å². The van der Waals surface area contributed by atoms with Crippen molar-refractivity contribution in [2.45, 2.75) is 43.5 Å². The molecule has 4 atom stereocenters. The number of anilines is 1. The van der Waals surface area contributed by atoms with Crippen molar-refractivity contribution < 1.29 is 8.42 Å². The zero-order chi connectivity index (χ0) is 14.3. The van der Waals surface area contributed by atoms with Crippen molar-refractivity contribution in [3.63, 3.8) is 0 Å². The summed E-state index contributed by atoms with van der Waals surface area (Å²) in [5.41, 5.74) is 0.755. The largest absolute Gasteiger partial charge is 0.381 e. The minimum absolute atomic E-state index is 0.341. The highest BCUT2D eigenvalue weighted by atomic mass is 32.2. The molecular formula is C16H23NO2S. The SMILES string of the molecule is CC(Nc1ccccc1S(C)(=O)=O)C1CC2CCC1C2. The Morgan fingerprint density at radius 3 is 2.55 bits per heavy atom. The Bertz CT molecular complexity index is 596. The lowest BCUT2D eigenvalue weighted by Crippen LogP contribution is -2.30. The summed E-state index contributed by atoms with van der Waals surface area (Å²) in [6.45, 7) is 2.20. The molecule has 2 saturated carbocycles. The first-order valence-electron chi connectivity index (χ1n) is 7.51. The van der Waals surface area contributed by atoms with E-state index in [1.54, 1.807) is 12.1 Å². The molecule has 2 aliphatic carbocycles. The van der Waals surface area contributed by atoms with Crippen LogP contribution in [0.4, 0.5) is 5.69 Å². The fraction of sp³-hybridized carbons (Fsp3) is 0.625. The second-order valence-electron chi connectivity index (χ2n) is 6.54. The van der Waals surface area contributed by atoms with Crippen LogP contribution < -0.4 is 5.32 Å². The van der Waals surface area contributed by atoms with Crippen LogP contribution in [0.15, 0.2) is 29.2 Å². The molecule has 1 N–H and O–H groups in total. The van der Waals surface area contributed by atoms with Crippen molar-refractivity contribution in [2.75, 3.05) is 11.6 Å². The van der Waals surface area contributed by atoms with Crippen molar-refractivity contribution in [3.8, 4) is 0 Å². The Morgan fingerprint density at radius 1 is 1.20 bits per heavy atom. The van der Waals surface area contributed by atoms with E-state index in [-0.39, 0.29) is 0 Å². The summed E-state index contributed by atoms with van der Waals surface area (Å²) in [4.78, 5) is 0.412. The number of benzene rings is 1. The maximum absolute atomic E-state index is 11.8. The summed E-state index contributed by atoms with van der Waals surface area (Å²) >= 11 is 0. The van der Waals surface area contributed by atoms with Crippen LogP contribution in [0.3, 0.4) is 0 Å². The van der Waals surface area contributed by atoms with Crippen LogP contribution >= 0.6 is 0 Å². The Labute approximate surface area is 121 Å². The summed E-state index contributed by atoms with van der Waals surface area (Å²) < 4.78 is 23.7. The average Bonchev–Trinajstić information content (AvgIpc) is 3.00. The molecule has 3 rings (SSSR count). The maximum Gasteiger partial charge on any atom is 0.177 e. The minimum atomic E-state index is -3.18. The molecule has 3 nitrogen and oxygen atoms in total. The standard InChI is InChI=1S/C16H23NO2S/c1-11(14-10-12-7-8-13(14)9-12)17-15-5-3-4-6-16(15)20(2,18)19/h3-6,11-14,17H,7-10H2,1-2H3. The molecular weight excluding hydrogens is 270 g/mol. The van der Waals surface area contributed by atoms with Gasteiger partial charge in [-0.2, -0.15) is 0 Å². The summed E-state index contributed by atoms with van der Waals surface area (Å²) in [5, 5.41) is 3.46. The number of para-hydroxylation sites is 1. The second kappa shape index (κ2) is 5.06. The fourth-order valence-corrected chi connectivity index (χ4v) is 5.02. The van der Waals surface area contributed by atoms with Crippen LogP contribution in [-0.4, -0.2) is 20.7 Å². The van der Waals surface area contributed by atoms with Crippen molar-refractivity contribution in [2.24, 2.45) is 17.8 Å². The summed E-state index contributed by atoms with van der Waals surface area (Å²) in [5.74, 6) is 2.45. The van der Waals surface area contributed by atoms with Gasteiger partial charge in [-0.3, -0.25) is 0 Å². The third-order valence-corrected chi connectivity index (χ3v) is 6.26. The number of hydrogen-bond acceptors (Lipinski definition) is 3. The molecule has 2 fully saturated rings. The van der Waals surface area contributed by atoms with Crippen molar-refractivity contribution >= 4 is 15.5 Å². The quantitative estimate of drug-likeness (QED) is 0.926. The Morgan fingerprint density at radius 2 is 1.95 bits per heavy atom. The zero-order valence-corrected chi connectivity index (χ0v) is 13.0. The number of hydrogen-bond donors (Lipinski definition) is 1. The van der Waals surface area contributed by atoms with Crippen LogP contribution in [0.5, 0.6) is 0 Å². The molecule has 4 unspecified atom stereocenters. The number of fused-ring (bicyclic) bond motifs is 2. The molecule has 1 aromatic rings. The summed E-state index contributed by atoms with van der Waals surface area (Å²) in [7, 11) is -3.18. The monoisotopic (exact) mass is 293 g/mol. The van der Waals surface area contributed by atoms with Gasteiger partial charge in [0.2, 0.25) is 0 Å². The van der Waals surface area contributed by atoms with E-state index in [9.17, 15) is 8.42 Å². The predicted molar refractivity (Wildman–Crippen MR) is 81.6 cm³/mol. The molecule has 0 amide bonds. The highest BCUT2D eigenvalue weighted by Gasteiger charge is 2.41. The maximum atomic E-state index is 11.8. The van der Waals surface area contributed by atoms with Gasteiger partial charge in [0, 0.05) is 12.3 Å². The molecule has 20 heavy (non-hydrogen) atoms. The summed E-state index contributed by atoms with van der Waals surface area (Å²) in [6, 6.07) is 7.58. The molecule has 2 aliphatic rings.